The lowest BCUT2D eigenvalue weighted by Gasteiger charge is -2.17. The first-order valence-corrected chi connectivity index (χ1v) is 6.20. The van der Waals surface area contributed by atoms with Gasteiger partial charge in [0.05, 0.1) is 19.6 Å². The molecule has 0 aliphatic heterocycles. The number of ether oxygens (including phenoxy) is 1. The third-order valence-electron chi connectivity index (χ3n) is 2.09. The van der Waals surface area contributed by atoms with Gasteiger partial charge in [-0.25, -0.2) is 9.78 Å². The molecule has 1 heterocycles. The van der Waals surface area contributed by atoms with Crippen molar-refractivity contribution in [1.82, 2.24) is 4.98 Å². The van der Waals surface area contributed by atoms with Crippen molar-refractivity contribution in [3.8, 4) is 6.07 Å². The Bertz CT molecular complexity index is 441. The van der Waals surface area contributed by atoms with Crippen LogP contribution < -0.4 is 4.90 Å². The zero-order valence-electron chi connectivity index (χ0n) is 9.57. The van der Waals surface area contributed by atoms with E-state index in [2.05, 4.69) is 15.8 Å². The minimum atomic E-state index is -0.491. The Labute approximate surface area is 109 Å². The Balaban J connectivity index is 2.91. The molecule has 0 amide bonds. The van der Waals surface area contributed by atoms with E-state index < -0.39 is 5.97 Å². The normalized spacial score (nSPS) is 9.76. The van der Waals surface area contributed by atoms with E-state index in [4.69, 9.17) is 16.9 Å². The van der Waals surface area contributed by atoms with Crippen molar-refractivity contribution in [2.75, 3.05) is 25.1 Å². The van der Waals surface area contributed by atoms with Gasteiger partial charge in [0, 0.05) is 13.1 Å². The van der Waals surface area contributed by atoms with Crippen molar-refractivity contribution < 1.29 is 9.53 Å². The van der Waals surface area contributed by atoms with Crippen LogP contribution >= 0.6 is 22.9 Å². The van der Waals surface area contributed by atoms with Crippen LogP contribution in [-0.4, -0.2) is 31.2 Å². The highest BCUT2D eigenvalue weighted by Crippen LogP contribution is 2.30. The molecule has 92 valence electrons. The molecule has 0 saturated carbocycles. The van der Waals surface area contributed by atoms with Gasteiger partial charge in [-0.05, 0) is 6.92 Å². The van der Waals surface area contributed by atoms with E-state index >= 15 is 0 Å². The molecular formula is C10H12ClN3O2S. The van der Waals surface area contributed by atoms with Crippen molar-refractivity contribution in [3.63, 3.8) is 0 Å². The van der Waals surface area contributed by atoms with Crippen LogP contribution in [-0.2, 0) is 4.74 Å². The third kappa shape index (κ3) is 3.32. The van der Waals surface area contributed by atoms with E-state index in [1.165, 1.54) is 18.4 Å². The first-order chi connectivity index (χ1) is 8.13. The Morgan fingerprint density at radius 1 is 1.71 bits per heavy atom. The maximum absolute atomic E-state index is 11.4. The zero-order chi connectivity index (χ0) is 12.8. The lowest BCUT2D eigenvalue weighted by atomic mass is 10.4. The van der Waals surface area contributed by atoms with Crippen molar-refractivity contribution >= 4 is 34.0 Å². The summed E-state index contributed by atoms with van der Waals surface area (Å²) in [6, 6.07) is 2.07. The number of hydrogen-bond acceptors (Lipinski definition) is 6. The lowest BCUT2D eigenvalue weighted by Crippen LogP contribution is -2.23. The molecule has 0 aromatic carbocycles. The summed E-state index contributed by atoms with van der Waals surface area (Å²) in [5.41, 5.74) is 0. The summed E-state index contributed by atoms with van der Waals surface area (Å²) in [7, 11) is 1.30. The number of nitriles is 1. The quantitative estimate of drug-likeness (QED) is 0.770. The number of thiazole rings is 1. The van der Waals surface area contributed by atoms with Crippen molar-refractivity contribution in [3.05, 3.63) is 10.0 Å². The van der Waals surface area contributed by atoms with Gasteiger partial charge in [-0.1, -0.05) is 22.9 Å². The van der Waals surface area contributed by atoms with Crippen molar-refractivity contribution in [2.24, 2.45) is 0 Å². The van der Waals surface area contributed by atoms with Crippen LogP contribution in [0.2, 0.25) is 5.15 Å². The molecular weight excluding hydrogens is 262 g/mol. The molecule has 17 heavy (non-hydrogen) atoms. The second kappa shape index (κ2) is 6.42. The SMILES string of the molecule is CCN(CCC#N)c1nc(Cl)c(C(=O)OC)s1. The number of aromatic nitrogens is 1. The molecule has 5 nitrogen and oxygen atoms in total. The van der Waals surface area contributed by atoms with Crippen molar-refractivity contribution in [1.29, 1.82) is 5.26 Å². The van der Waals surface area contributed by atoms with Crippen LogP contribution in [0.25, 0.3) is 0 Å². The van der Waals surface area contributed by atoms with Crippen LogP contribution in [0.4, 0.5) is 5.13 Å². The molecule has 0 atom stereocenters. The smallest absolute Gasteiger partial charge is 0.351 e. The predicted molar refractivity (Wildman–Crippen MR) is 66.6 cm³/mol. The van der Waals surface area contributed by atoms with Gasteiger partial charge in [-0.3, -0.25) is 0 Å². The highest BCUT2D eigenvalue weighted by molar-refractivity contribution is 7.18. The molecule has 0 unspecified atom stereocenters. The van der Waals surface area contributed by atoms with Gasteiger partial charge in [0.1, 0.15) is 0 Å². The predicted octanol–water partition coefficient (Wildman–Crippen LogP) is 2.32. The summed E-state index contributed by atoms with van der Waals surface area (Å²) >= 11 is 7.03. The second-order valence-corrected chi connectivity index (χ2v) is 4.43. The fraction of sp³-hybridized carbons (Fsp3) is 0.500. The number of anilines is 1. The number of halogens is 1. The number of carbonyl (C=O) groups excluding carboxylic acids is 1. The summed E-state index contributed by atoms with van der Waals surface area (Å²) < 4.78 is 4.60. The maximum Gasteiger partial charge on any atom is 0.351 e. The minimum Gasteiger partial charge on any atom is -0.465 e. The summed E-state index contributed by atoms with van der Waals surface area (Å²) in [6.45, 7) is 3.22. The van der Waals surface area contributed by atoms with E-state index in [9.17, 15) is 4.79 Å². The van der Waals surface area contributed by atoms with Gasteiger partial charge in [0.25, 0.3) is 0 Å². The lowest BCUT2D eigenvalue weighted by molar-refractivity contribution is 0.0606. The molecule has 7 heteroatoms. The average Bonchev–Trinajstić information content (AvgIpc) is 2.71. The molecule has 0 saturated heterocycles. The molecule has 0 N–H and O–H groups in total. The first-order valence-electron chi connectivity index (χ1n) is 5.00. The summed E-state index contributed by atoms with van der Waals surface area (Å²) in [5, 5.41) is 9.33. The maximum atomic E-state index is 11.4. The molecule has 0 radical (unpaired) electrons. The van der Waals surface area contributed by atoms with Gasteiger partial charge >= 0.3 is 5.97 Å². The number of nitrogens with zero attached hydrogens (tertiary/aromatic N) is 3. The molecule has 1 rings (SSSR count). The molecule has 0 bridgehead atoms. The highest BCUT2D eigenvalue weighted by atomic mass is 35.5. The van der Waals surface area contributed by atoms with E-state index in [1.54, 1.807) is 0 Å². The Morgan fingerprint density at radius 2 is 2.41 bits per heavy atom. The van der Waals surface area contributed by atoms with Crippen LogP contribution in [0.3, 0.4) is 0 Å². The monoisotopic (exact) mass is 273 g/mol. The highest BCUT2D eigenvalue weighted by Gasteiger charge is 2.19. The van der Waals surface area contributed by atoms with Gasteiger partial charge < -0.3 is 9.64 Å². The molecule has 0 spiro atoms. The largest absolute Gasteiger partial charge is 0.465 e. The van der Waals surface area contributed by atoms with Crippen LogP contribution in [0, 0.1) is 11.3 Å². The Morgan fingerprint density at radius 3 is 2.94 bits per heavy atom. The number of methoxy groups -OCH3 is 1. The number of hydrogen-bond donors (Lipinski definition) is 0. The molecule has 0 aliphatic carbocycles. The van der Waals surface area contributed by atoms with Gasteiger partial charge in [-0.15, -0.1) is 0 Å². The zero-order valence-corrected chi connectivity index (χ0v) is 11.1. The van der Waals surface area contributed by atoms with Gasteiger partial charge in [-0.2, -0.15) is 5.26 Å². The van der Waals surface area contributed by atoms with Crippen LogP contribution in [0.15, 0.2) is 0 Å². The Hall–Kier alpha value is -1.32. The Kier molecular flexibility index (Phi) is 5.19. The average molecular weight is 274 g/mol. The third-order valence-corrected chi connectivity index (χ3v) is 3.57. The first kappa shape index (κ1) is 13.7. The molecule has 1 aromatic heterocycles. The van der Waals surface area contributed by atoms with Crippen molar-refractivity contribution in [2.45, 2.75) is 13.3 Å². The topological polar surface area (TPSA) is 66.2 Å². The van der Waals surface area contributed by atoms with Crippen LogP contribution in [0.5, 0.6) is 0 Å². The standard InChI is InChI=1S/C10H12ClN3O2S/c1-3-14(6-4-5-12)10-13-8(11)7(17-10)9(15)16-2/h3-4,6H2,1-2H3. The van der Waals surface area contributed by atoms with Gasteiger partial charge in [0.2, 0.25) is 0 Å². The minimum absolute atomic E-state index is 0.146. The fourth-order valence-corrected chi connectivity index (χ4v) is 2.51. The summed E-state index contributed by atoms with van der Waals surface area (Å²) in [5.74, 6) is -0.491. The number of carbonyl (C=O) groups is 1. The second-order valence-electron chi connectivity index (χ2n) is 3.10. The molecule has 0 aliphatic rings. The van der Waals surface area contributed by atoms with Gasteiger partial charge in [0.15, 0.2) is 15.2 Å². The fourth-order valence-electron chi connectivity index (χ4n) is 1.22. The molecule has 1 aromatic rings. The summed E-state index contributed by atoms with van der Waals surface area (Å²) in [6.07, 6.45) is 0.401. The molecule has 0 fully saturated rings. The summed E-state index contributed by atoms with van der Waals surface area (Å²) in [4.78, 5) is 17.7. The van der Waals surface area contributed by atoms with E-state index in [1.807, 2.05) is 11.8 Å². The van der Waals surface area contributed by atoms with E-state index in [-0.39, 0.29) is 5.15 Å². The number of esters is 1. The van der Waals surface area contributed by atoms with E-state index in [0.29, 0.717) is 29.5 Å². The van der Waals surface area contributed by atoms with Crippen LogP contribution in [0.1, 0.15) is 23.0 Å². The number of rotatable bonds is 5. The van der Waals surface area contributed by atoms with E-state index in [0.717, 1.165) is 0 Å².